The van der Waals surface area contributed by atoms with Gasteiger partial charge < -0.3 is 4.90 Å². The zero-order valence-electron chi connectivity index (χ0n) is 20.2. The van der Waals surface area contributed by atoms with Gasteiger partial charge in [0.1, 0.15) is 5.82 Å². The number of benzene rings is 3. The number of thiazole rings is 1. The summed E-state index contributed by atoms with van der Waals surface area (Å²) >= 11 is 15.3. The number of halogens is 3. The zero-order chi connectivity index (χ0) is 25.9. The predicted molar refractivity (Wildman–Crippen MR) is 153 cm³/mol. The Labute approximate surface area is 234 Å². The number of hydrogen-bond donors (Lipinski definition) is 0. The fraction of sp³-hybridized carbons (Fsp3) is 0.241. The molecule has 0 spiro atoms. The Balaban J connectivity index is 1.29. The highest BCUT2D eigenvalue weighted by Gasteiger charge is 2.27. The second kappa shape index (κ2) is 11.6. The van der Waals surface area contributed by atoms with E-state index in [1.54, 1.807) is 17.4 Å². The van der Waals surface area contributed by atoms with Crippen LogP contribution in [-0.2, 0) is 4.79 Å². The molecule has 2 heterocycles. The van der Waals surface area contributed by atoms with Crippen LogP contribution in [0, 0.1) is 12.7 Å². The van der Waals surface area contributed by atoms with Gasteiger partial charge in [-0.15, -0.1) is 23.1 Å². The predicted octanol–water partition coefficient (Wildman–Crippen LogP) is 8.73. The molecular weight excluding hydrogens is 546 g/mol. The van der Waals surface area contributed by atoms with E-state index in [-0.39, 0.29) is 17.5 Å². The topological polar surface area (TPSA) is 33.2 Å². The number of aromatic nitrogens is 1. The molecule has 8 heteroatoms. The number of rotatable bonds is 6. The Morgan fingerprint density at radius 1 is 1.03 bits per heavy atom. The minimum atomic E-state index is -0.380. The Bertz CT molecular complexity index is 1340. The first-order valence-electron chi connectivity index (χ1n) is 12.1. The number of aryl methyl sites for hydroxylation is 1. The molecule has 1 amide bonds. The van der Waals surface area contributed by atoms with Crippen LogP contribution in [0.5, 0.6) is 0 Å². The largest absolute Gasteiger partial charge is 0.342 e. The molecule has 1 fully saturated rings. The van der Waals surface area contributed by atoms with E-state index in [9.17, 15) is 9.18 Å². The van der Waals surface area contributed by atoms with Crippen molar-refractivity contribution < 1.29 is 9.18 Å². The molecule has 1 aromatic heterocycles. The molecule has 0 N–H and O–H groups in total. The number of hydrogen-bond acceptors (Lipinski definition) is 4. The quantitative estimate of drug-likeness (QED) is 0.217. The van der Waals surface area contributed by atoms with E-state index in [2.05, 4.69) is 31.2 Å². The highest BCUT2D eigenvalue weighted by molar-refractivity contribution is 8.00. The first-order valence-corrected chi connectivity index (χ1v) is 14.6. The summed E-state index contributed by atoms with van der Waals surface area (Å²) < 4.78 is 13.3. The van der Waals surface area contributed by atoms with E-state index >= 15 is 0 Å². The third-order valence-electron chi connectivity index (χ3n) is 6.52. The Hall–Kier alpha value is -2.38. The van der Waals surface area contributed by atoms with Crippen molar-refractivity contribution in [1.29, 1.82) is 0 Å². The fourth-order valence-electron chi connectivity index (χ4n) is 4.41. The SMILES string of the molecule is Cc1ccc(-c2sc(C3CCN(C(=O)CSc4ccc(F)cc4Cl)CC3)nc2-c2ccc(Cl)cc2)cc1. The summed E-state index contributed by atoms with van der Waals surface area (Å²) in [6, 6.07) is 20.6. The van der Waals surface area contributed by atoms with Crippen LogP contribution in [-0.4, -0.2) is 34.6 Å². The zero-order valence-corrected chi connectivity index (χ0v) is 23.4. The minimum Gasteiger partial charge on any atom is -0.342 e. The molecule has 3 nitrogen and oxygen atoms in total. The highest BCUT2D eigenvalue weighted by atomic mass is 35.5. The van der Waals surface area contributed by atoms with E-state index in [0.717, 1.165) is 39.5 Å². The fourth-order valence-corrected chi connectivity index (χ4v) is 6.96. The number of piperidine rings is 1. The number of likely N-dealkylation sites (tertiary alicyclic amines) is 1. The molecule has 4 aromatic rings. The normalized spacial score (nSPS) is 14.2. The van der Waals surface area contributed by atoms with Crippen LogP contribution in [0.1, 0.15) is 29.3 Å². The molecule has 1 aliphatic rings. The van der Waals surface area contributed by atoms with Crippen molar-refractivity contribution in [2.45, 2.75) is 30.6 Å². The number of nitrogens with zero attached hydrogens (tertiary/aromatic N) is 2. The standard InChI is InChI=1S/C29H25Cl2FN2OS2/c1-18-2-4-20(5-3-18)28-27(19-6-8-22(30)9-7-19)33-29(37-28)21-12-14-34(15-13-21)26(35)17-36-25-11-10-23(32)16-24(25)31/h2-11,16,21H,12-15,17H2,1H3. The molecule has 0 bridgehead atoms. The maximum Gasteiger partial charge on any atom is 0.232 e. The van der Waals surface area contributed by atoms with Crippen LogP contribution in [0.3, 0.4) is 0 Å². The summed E-state index contributed by atoms with van der Waals surface area (Å²) in [5.74, 6) is 0.282. The van der Waals surface area contributed by atoms with E-state index in [4.69, 9.17) is 28.2 Å². The smallest absolute Gasteiger partial charge is 0.232 e. The lowest BCUT2D eigenvalue weighted by molar-refractivity contribution is -0.129. The molecule has 1 aliphatic heterocycles. The van der Waals surface area contributed by atoms with Gasteiger partial charge in [-0.3, -0.25) is 4.79 Å². The summed E-state index contributed by atoms with van der Waals surface area (Å²) in [7, 11) is 0. The van der Waals surface area contributed by atoms with Crippen molar-refractivity contribution in [3.63, 3.8) is 0 Å². The van der Waals surface area contributed by atoms with Crippen molar-refractivity contribution in [3.05, 3.63) is 93.2 Å². The highest BCUT2D eigenvalue weighted by Crippen LogP contribution is 2.42. The van der Waals surface area contributed by atoms with Crippen molar-refractivity contribution in [2.24, 2.45) is 0 Å². The third-order valence-corrected chi connectivity index (χ3v) is 9.52. The van der Waals surface area contributed by atoms with Gasteiger partial charge >= 0.3 is 0 Å². The van der Waals surface area contributed by atoms with Gasteiger partial charge in [0.25, 0.3) is 0 Å². The van der Waals surface area contributed by atoms with E-state index < -0.39 is 0 Å². The molecule has 190 valence electrons. The van der Waals surface area contributed by atoms with Crippen molar-refractivity contribution in [3.8, 4) is 21.7 Å². The van der Waals surface area contributed by atoms with Gasteiger partial charge in [-0.25, -0.2) is 9.37 Å². The average molecular weight is 572 g/mol. The third kappa shape index (κ3) is 6.20. The second-order valence-electron chi connectivity index (χ2n) is 9.12. The summed E-state index contributed by atoms with van der Waals surface area (Å²) in [5, 5.41) is 2.15. The number of thioether (sulfide) groups is 1. The Morgan fingerprint density at radius 3 is 2.38 bits per heavy atom. The van der Waals surface area contributed by atoms with Crippen molar-refractivity contribution in [1.82, 2.24) is 9.88 Å². The lowest BCUT2D eigenvalue weighted by atomic mass is 9.97. The number of carbonyl (C=O) groups excluding carboxylic acids is 1. The Morgan fingerprint density at radius 2 is 1.70 bits per heavy atom. The molecular formula is C29H25Cl2FN2OS2. The maximum absolute atomic E-state index is 13.3. The van der Waals surface area contributed by atoms with Gasteiger partial charge in [-0.05, 0) is 55.7 Å². The van der Waals surface area contributed by atoms with Crippen molar-refractivity contribution in [2.75, 3.05) is 18.8 Å². The molecule has 3 aromatic carbocycles. The van der Waals surface area contributed by atoms with Gasteiger partial charge in [-0.1, -0.05) is 65.2 Å². The molecule has 1 saturated heterocycles. The number of amides is 1. The monoisotopic (exact) mass is 570 g/mol. The van der Waals surface area contributed by atoms with Crippen LogP contribution in [0.25, 0.3) is 21.7 Å². The van der Waals surface area contributed by atoms with E-state index in [0.29, 0.717) is 33.9 Å². The van der Waals surface area contributed by atoms with Gasteiger partial charge in [0.05, 0.1) is 26.4 Å². The average Bonchev–Trinajstić information content (AvgIpc) is 3.34. The molecule has 0 radical (unpaired) electrons. The molecule has 37 heavy (non-hydrogen) atoms. The van der Waals surface area contributed by atoms with Crippen LogP contribution in [0.15, 0.2) is 71.6 Å². The maximum atomic E-state index is 13.3. The molecule has 0 atom stereocenters. The van der Waals surface area contributed by atoms with Crippen molar-refractivity contribution >= 4 is 52.2 Å². The second-order valence-corrected chi connectivity index (χ2v) is 12.0. The first-order chi connectivity index (χ1) is 17.9. The van der Waals surface area contributed by atoms with Crippen LogP contribution in [0.2, 0.25) is 10.0 Å². The lowest BCUT2D eigenvalue weighted by Crippen LogP contribution is -2.38. The van der Waals surface area contributed by atoms with Crippen LogP contribution < -0.4 is 0 Å². The Kier molecular flexibility index (Phi) is 8.20. The first kappa shape index (κ1) is 26.2. The summed E-state index contributed by atoms with van der Waals surface area (Å²) in [4.78, 5) is 21.7. The van der Waals surface area contributed by atoms with Gasteiger partial charge in [-0.2, -0.15) is 0 Å². The summed E-state index contributed by atoms with van der Waals surface area (Å²) in [5.41, 5.74) is 4.40. The van der Waals surface area contributed by atoms with Crippen LogP contribution >= 0.6 is 46.3 Å². The molecule has 0 aliphatic carbocycles. The molecule has 5 rings (SSSR count). The van der Waals surface area contributed by atoms with Gasteiger partial charge in [0, 0.05) is 34.5 Å². The molecule has 0 unspecified atom stereocenters. The van der Waals surface area contributed by atoms with Gasteiger partial charge in [0.15, 0.2) is 0 Å². The minimum absolute atomic E-state index is 0.0742. The summed E-state index contributed by atoms with van der Waals surface area (Å²) in [6.07, 6.45) is 1.74. The van der Waals surface area contributed by atoms with Crippen LogP contribution in [0.4, 0.5) is 4.39 Å². The van der Waals surface area contributed by atoms with E-state index in [1.807, 2.05) is 29.2 Å². The van der Waals surface area contributed by atoms with Gasteiger partial charge in [0.2, 0.25) is 5.91 Å². The van der Waals surface area contributed by atoms with E-state index in [1.165, 1.54) is 29.5 Å². The number of carbonyl (C=O) groups is 1. The lowest BCUT2D eigenvalue weighted by Gasteiger charge is -2.31. The summed E-state index contributed by atoms with van der Waals surface area (Å²) in [6.45, 7) is 3.47. The molecule has 0 saturated carbocycles.